The van der Waals surface area contributed by atoms with Crippen LogP contribution >= 0.6 is 0 Å². The monoisotopic (exact) mass is 1120 g/mol. The van der Waals surface area contributed by atoms with Crippen LogP contribution in [0.5, 0.6) is 11.8 Å². The van der Waals surface area contributed by atoms with Gasteiger partial charge < -0.3 is 45.4 Å². The van der Waals surface area contributed by atoms with Gasteiger partial charge in [0.15, 0.2) is 17.5 Å². The first-order chi connectivity index (χ1) is 38.8. The number of fused-ring (bicyclic) bond motifs is 4. The number of nitrogens with zero attached hydrogens (tertiary/aromatic N) is 6. The van der Waals surface area contributed by atoms with Crippen LogP contribution in [0, 0.1) is 46.8 Å². The van der Waals surface area contributed by atoms with Gasteiger partial charge in [0.05, 0.1) is 28.7 Å². The number of β-amino-alcohol motifs (C(OH)–C–C–N with tert-alkyl or cyclic N) is 1. The minimum absolute atomic E-state index is 0.0267. The highest BCUT2D eigenvalue weighted by atomic mass is 19.2. The molecular formula is C60H64F5N9O7. The van der Waals surface area contributed by atoms with Crippen molar-refractivity contribution in [2.24, 2.45) is 5.41 Å². The zero-order valence-electron chi connectivity index (χ0n) is 45.4. The Morgan fingerprint density at radius 2 is 1.64 bits per heavy atom. The summed E-state index contributed by atoms with van der Waals surface area (Å²) in [7, 11) is 0. The van der Waals surface area contributed by atoms with E-state index in [1.807, 2.05) is 0 Å². The van der Waals surface area contributed by atoms with Gasteiger partial charge in [-0.25, -0.2) is 22.0 Å². The zero-order valence-corrected chi connectivity index (χ0v) is 45.4. The molecule has 4 aliphatic rings. The van der Waals surface area contributed by atoms with Crippen LogP contribution in [0.4, 0.5) is 27.8 Å². The van der Waals surface area contributed by atoms with E-state index in [0.29, 0.717) is 54.3 Å². The molecule has 426 valence electrons. The number of carbonyl (C=O) groups is 3. The Morgan fingerprint density at radius 3 is 2.37 bits per heavy atom. The number of phenols is 1. The van der Waals surface area contributed by atoms with E-state index >= 15 is 8.78 Å². The molecule has 2 unspecified atom stereocenters. The molecule has 7 atom stereocenters. The molecule has 4 aromatic carbocycles. The van der Waals surface area contributed by atoms with Crippen LogP contribution in [-0.4, -0.2) is 142 Å². The van der Waals surface area contributed by atoms with Crippen molar-refractivity contribution >= 4 is 45.2 Å². The molecule has 4 aliphatic heterocycles. The van der Waals surface area contributed by atoms with Crippen molar-refractivity contribution in [2.75, 3.05) is 57.4 Å². The molecule has 0 radical (unpaired) electrons. The molecule has 0 aliphatic carbocycles. The predicted octanol–water partition coefficient (Wildman–Crippen LogP) is 7.46. The number of ether oxygens (including phenoxy) is 2. The Balaban J connectivity index is 0.750. The van der Waals surface area contributed by atoms with Crippen molar-refractivity contribution in [1.29, 1.82) is 0 Å². The van der Waals surface area contributed by atoms with E-state index in [1.54, 1.807) is 39.8 Å². The number of halogens is 5. The van der Waals surface area contributed by atoms with Gasteiger partial charge in [-0.05, 0) is 97.8 Å². The first-order valence-electron chi connectivity index (χ1n) is 27.3. The van der Waals surface area contributed by atoms with E-state index in [4.69, 9.17) is 20.9 Å². The third-order valence-electron chi connectivity index (χ3n) is 15.9. The van der Waals surface area contributed by atoms with E-state index in [1.165, 1.54) is 47.5 Å². The molecule has 0 spiro atoms. The molecule has 10 rings (SSSR count). The SMILES string of the molecule is C#Cc1c(F)ccc2cc(O)cc(-c3ncc4c(N5CC6CCC(C5)N6)nc(OC[C@@H]5CCCN5CCCOCC(=O)N[C@H](C(=O)N5C[C@H](O)C[C@H]5C(=O)N[C@@H](C)c5ccc(-c6c(F)ccc(F)c6F)cc5)C(C)(C)C)nc4c3F)c12. The summed E-state index contributed by atoms with van der Waals surface area (Å²) in [5.41, 5.74) is -0.888. The van der Waals surface area contributed by atoms with E-state index in [2.05, 4.69) is 41.6 Å². The number of likely N-dealkylation sites (tertiary alicyclic amines) is 2. The molecular weight excluding hydrogens is 1050 g/mol. The summed E-state index contributed by atoms with van der Waals surface area (Å²) in [6.07, 6.45) is 10.4. The number of aromatic nitrogens is 3. The topological polar surface area (TPSA) is 195 Å². The number of aromatic hydroxyl groups is 1. The maximum absolute atomic E-state index is 17.1. The number of piperazine rings is 1. The Labute approximate surface area is 465 Å². The number of aliphatic hydroxyl groups is 1. The molecule has 4 saturated heterocycles. The van der Waals surface area contributed by atoms with Gasteiger partial charge in [0.2, 0.25) is 17.7 Å². The average molecular weight is 1120 g/mol. The van der Waals surface area contributed by atoms with Crippen LogP contribution in [0.1, 0.15) is 83.4 Å². The lowest BCUT2D eigenvalue weighted by Crippen LogP contribution is -2.58. The maximum atomic E-state index is 17.1. The highest BCUT2D eigenvalue weighted by Gasteiger charge is 2.45. The van der Waals surface area contributed by atoms with Crippen molar-refractivity contribution in [2.45, 2.75) is 109 Å². The van der Waals surface area contributed by atoms with Crippen molar-refractivity contribution in [3.8, 4) is 46.5 Å². The first-order valence-corrected chi connectivity index (χ1v) is 27.3. The van der Waals surface area contributed by atoms with Gasteiger partial charge in [-0.15, -0.1) is 6.42 Å². The van der Waals surface area contributed by atoms with Gasteiger partial charge in [-0.3, -0.25) is 24.3 Å². The lowest BCUT2D eigenvalue weighted by Gasteiger charge is -2.35. The summed E-state index contributed by atoms with van der Waals surface area (Å²) >= 11 is 0. The van der Waals surface area contributed by atoms with E-state index in [0.717, 1.165) is 38.3 Å². The van der Waals surface area contributed by atoms with Crippen LogP contribution < -0.4 is 25.6 Å². The number of pyridine rings is 1. The van der Waals surface area contributed by atoms with Gasteiger partial charge >= 0.3 is 6.01 Å². The van der Waals surface area contributed by atoms with E-state index in [-0.39, 0.29) is 96.0 Å². The summed E-state index contributed by atoms with van der Waals surface area (Å²) < 4.78 is 87.2. The second-order valence-electron chi connectivity index (χ2n) is 22.6. The molecule has 21 heteroatoms. The average Bonchev–Trinajstić information content (AvgIpc) is 4.19. The van der Waals surface area contributed by atoms with Crippen LogP contribution in [0.25, 0.3) is 44.1 Å². The van der Waals surface area contributed by atoms with Gasteiger partial charge in [-0.1, -0.05) is 57.0 Å². The number of hydrogen-bond donors (Lipinski definition) is 5. The van der Waals surface area contributed by atoms with Crippen molar-refractivity contribution in [3.05, 3.63) is 107 Å². The van der Waals surface area contributed by atoms with Crippen molar-refractivity contribution < 1.29 is 56.0 Å². The minimum Gasteiger partial charge on any atom is -0.508 e. The second kappa shape index (κ2) is 23.5. The molecule has 0 saturated carbocycles. The number of carbonyl (C=O) groups excluding carboxylic acids is 3. The van der Waals surface area contributed by atoms with Crippen LogP contribution in [0.2, 0.25) is 0 Å². The fraction of sp³-hybridized carbons (Fsp3) is 0.433. The number of hydrogen-bond acceptors (Lipinski definition) is 13. The van der Waals surface area contributed by atoms with Gasteiger partial charge in [-0.2, -0.15) is 9.97 Å². The minimum atomic E-state index is -1.32. The summed E-state index contributed by atoms with van der Waals surface area (Å²) in [6.45, 7) is 9.57. The Hall–Kier alpha value is -7.51. The Kier molecular flexibility index (Phi) is 16.5. The fourth-order valence-corrected chi connectivity index (χ4v) is 11.8. The lowest BCUT2D eigenvalue weighted by molar-refractivity contribution is -0.144. The maximum Gasteiger partial charge on any atom is 0.319 e. The Morgan fingerprint density at radius 1 is 0.914 bits per heavy atom. The van der Waals surface area contributed by atoms with E-state index < -0.39 is 82.0 Å². The number of benzene rings is 4. The lowest BCUT2D eigenvalue weighted by atomic mass is 9.85. The number of rotatable bonds is 17. The summed E-state index contributed by atoms with van der Waals surface area (Å²) in [4.78, 5) is 61.1. The predicted molar refractivity (Wildman–Crippen MR) is 293 cm³/mol. The van der Waals surface area contributed by atoms with Crippen molar-refractivity contribution in [1.82, 2.24) is 40.7 Å². The molecule has 6 aromatic rings. The molecule has 2 bridgehead atoms. The number of anilines is 1. The summed E-state index contributed by atoms with van der Waals surface area (Å²) in [5, 5.41) is 31.7. The smallest absolute Gasteiger partial charge is 0.319 e. The molecule has 4 fully saturated rings. The fourth-order valence-electron chi connectivity index (χ4n) is 11.8. The van der Waals surface area contributed by atoms with Crippen LogP contribution in [0.3, 0.4) is 0 Å². The molecule has 81 heavy (non-hydrogen) atoms. The zero-order chi connectivity index (χ0) is 57.4. The standard InChI is InChI=1S/C60H64F5N9O7/c1-6-41-44(61)17-14-35-23-39(75)24-42(49(35)41)53-52(65)54-43(26-66-53)56(73-27-36-15-16-37(28-73)68-36)71-59(70-54)81-30-38-9-7-20-72(38)21-8-22-80-31-48(77)69-55(60(3,4)5)58(79)74-29-40(76)25-47(74)57(78)67-32(2)33-10-12-34(13-11-33)50-45(62)18-19-46(63)51(50)64/h1,10-14,17-19,23-24,26,32,36-38,40,47,55,68,75-76H,7-9,15-16,20-22,25,27-31H2,2-5H3,(H,67,78)(H,69,77)/t32-,36?,37?,38-,40+,47-,55+/m0/s1. The number of nitrogens with one attached hydrogen (secondary N) is 3. The molecule has 2 aromatic heterocycles. The molecule has 3 amide bonds. The van der Waals surface area contributed by atoms with Crippen LogP contribution in [0.15, 0.2) is 66.9 Å². The molecule has 6 heterocycles. The number of terminal acetylenes is 1. The first kappa shape index (κ1) is 56.8. The summed E-state index contributed by atoms with van der Waals surface area (Å²) in [6, 6.07) is 10.4. The van der Waals surface area contributed by atoms with Gasteiger partial charge in [0.1, 0.15) is 59.7 Å². The Bertz CT molecular complexity index is 3420. The largest absolute Gasteiger partial charge is 0.508 e. The van der Waals surface area contributed by atoms with Gasteiger partial charge in [0, 0.05) is 74.5 Å². The summed E-state index contributed by atoms with van der Waals surface area (Å²) in [5.74, 6) is -3.91. The highest BCUT2D eigenvalue weighted by molar-refractivity contribution is 6.03. The second-order valence-corrected chi connectivity index (χ2v) is 22.6. The van der Waals surface area contributed by atoms with Crippen LogP contribution in [-0.2, 0) is 19.1 Å². The highest BCUT2D eigenvalue weighted by Crippen LogP contribution is 2.40. The molecule has 5 N–H and O–H groups in total. The van der Waals surface area contributed by atoms with Crippen molar-refractivity contribution in [3.63, 3.8) is 0 Å². The van der Waals surface area contributed by atoms with E-state index in [9.17, 15) is 37.8 Å². The number of aliphatic hydroxyl groups excluding tert-OH is 1. The number of phenolic OH excluding ortho intramolecular Hbond substituents is 1. The normalized spacial score (nSPS) is 20.9. The van der Waals surface area contributed by atoms with Gasteiger partial charge in [0.25, 0.3) is 0 Å². The quantitative estimate of drug-likeness (QED) is 0.0262. The molecule has 16 nitrogen and oxygen atoms in total. The third-order valence-corrected chi connectivity index (χ3v) is 15.9. The number of amides is 3. The third kappa shape index (κ3) is 12.0.